The van der Waals surface area contributed by atoms with E-state index >= 15 is 0 Å². The van der Waals surface area contributed by atoms with Crippen molar-refractivity contribution in [2.24, 2.45) is 5.92 Å². The number of pyridine rings is 1. The lowest BCUT2D eigenvalue weighted by molar-refractivity contribution is 0.190. The van der Waals surface area contributed by atoms with E-state index in [2.05, 4.69) is 15.0 Å². The topological polar surface area (TPSA) is 80.3 Å². The van der Waals surface area contributed by atoms with Gasteiger partial charge in [0.05, 0.1) is 6.61 Å². The van der Waals surface area contributed by atoms with E-state index in [0.29, 0.717) is 17.6 Å². The Balaban J connectivity index is 1.49. The Kier molecular flexibility index (Phi) is 7.11. The van der Waals surface area contributed by atoms with Gasteiger partial charge in [0.15, 0.2) is 11.6 Å². The second-order valence-corrected chi connectivity index (χ2v) is 9.84. The van der Waals surface area contributed by atoms with E-state index in [-0.39, 0.29) is 30.0 Å². The number of halogens is 3. The number of nitrogens with zero attached hydrogens (tertiary/aromatic N) is 1. The molecule has 33 heavy (non-hydrogen) atoms. The third kappa shape index (κ3) is 5.61. The standard InChI is InChI=1S/C23H22ClF2N3O3S/c24-17-6-4-15(5-7-17)18-8-10-27-13-16(18)14-32-21-11-20(26)22(12-19(21)25)33(30,31)29-23-3-1-2-9-28-23/h1-7,9,11-12,16,18,27H,8,10,13-14H2,(H,28,29)/t16-,18-/m1/s1. The highest BCUT2D eigenvalue weighted by atomic mass is 35.5. The Morgan fingerprint density at radius 2 is 1.91 bits per heavy atom. The van der Waals surface area contributed by atoms with Gasteiger partial charge in [-0.15, -0.1) is 0 Å². The lowest BCUT2D eigenvalue weighted by Crippen LogP contribution is -2.38. The SMILES string of the molecule is O=S(=O)(Nc1ccccn1)c1cc(F)c(OC[C@H]2CNCC[C@@H]2c2ccc(Cl)cc2)cc1F. The van der Waals surface area contributed by atoms with Gasteiger partial charge in [-0.1, -0.05) is 29.8 Å². The summed E-state index contributed by atoms with van der Waals surface area (Å²) in [5.41, 5.74) is 1.10. The van der Waals surface area contributed by atoms with Crippen LogP contribution in [0.3, 0.4) is 0 Å². The van der Waals surface area contributed by atoms with Crippen LogP contribution in [-0.2, 0) is 10.0 Å². The van der Waals surface area contributed by atoms with Crippen LogP contribution in [0.2, 0.25) is 5.02 Å². The number of rotatable bonds is 7. The third-order valence-electron chi connectivity index (χ3n) is 5.54. The van der Waals surface area contributed by atoms with Crippen LogP contribution in [-0.4, -0.2) is 33.1 Å². The highest BCUT2D eigenvalue weighted by Crippen LogP contribution is 2.33. The van der Waals surface area contributed by atoms with Gasteiger partial charge >= 0.3 is 0 Å². The van der Waals surface area contributed by atoms with Crippen LogP contribution in [0, 0.1) is 17.6 Å². The van der Waals surface area contributed by atoms with E-state index < -0.39 is 26.6 Å². The van der Waals surface area contributed by atoms with Crippen molar-refractivity contribution in [2.45, 2.75) is 17.2 Å². The first-order valence-electron chi connectivity index (χ1n) is 10.4. The molecule has 174 valence electrons. The maximum atomic E-state index is 14.7. The second kappa shape index (κ2) is 10.0. The molecular weight excluding hydrogens is 472 g/mol. The van der Waals surface area contributed by atoms with Crippen molar-refractivity contribution >= 4 is 27.4 Å². The van der Waals surface area contributed by atoms with Gasteiger partial charge in [-0.25, -0.2) is 22.2 Å². The molecule has 6 nitrogen and oxygen atoms in total. The van der Waals surface area contributed by atoms with E-state index in [4.69, 9.17) is 16.3 Å². The molecule has 1 fully saturated rings. The zero-order valence-electron chi connectivity index (χ0n) is 17.5. The maximum absolute atomic E-state index is 14.7. The molecule has 0 radical (unpaired) electrons. The molecule has 0 saturated carbocycles. The fourth-order valence-corrected chi connectivity index (χ4v) is 5.09. The van der Waals surface area contributed by atoms with Crippen LogP contribution in [0.5, 0.6) is 5.75 Å². The first-order chi connectivity index (χ1) is 15.8. The molecule has 2 N–H and O–H groups in total. The van der Waals surface area contributed by atoms with Crippen molar-refractivity contribution in [1.29, 1.82) is 0 Å². The summed E-state index contributed by atoms with van der Waals surface area (Å²) in [7, 11) is -4.37. The zero-order valence-corrected chi connectivity index (χ0v) is 19.0. The minimum absolute atomic E-state index is 0.00401. The van der Waals surface area contributed by atoms with Crippen LogP contribution in [0.1, 0.15) is 17.9 Å². The molecule has 1 saturated heterocycles. The molecule has 2 atom stereocenters. The van der Waals surface area contributed by atoms with Crippen molar-refractivity contribution in [3.63, 3.8) is 0 Å². The van der Waals surface area contributed by atoms with E-state index in [0.717, 1.165) is 24.6 Å². The molecule has 0 spiro atoms. The van der Waals surface area contributed by atoms with Gasteiger partial charge in [0.25, 0.3) is 10.0 Å². The largest absolute Gasteiger partial charge is 0.490 e. The van der Waals surface area contributed by atoms with Crippen molar-refractivity contribution in [1.82, 2.24) is 10.3 Å². The first-order valence-corrected chi connectivity index (χ1v) is 12.2. The van der Waals surface area contributed by atoms with Crippen molar-refractivity contribution in [3.8, 4) is 5.75 Å². The number of benzene rings is 2. The van der Waals surface area contributed by atoms with Gasteiger partial charge in [-0.05, 0) is 48.7 Å². The molecule has 0 bridgehead atoms. The third-order valence-corrected chi connectivity index (χ3v) is 7.16. The average molecular weight is 494 g/mol. The van der Waals surface area contributed by atoms with Crippen LogP contribution >= 0.6 is 11.6 Å². The number of sulfonamides is 1. The normalized spacial score (nSPS) is 18.6. The highest BCUT2D eigenvalue weighted by molar-refractivity contribution is 7.92. The minimum Gasteiger partial charge on any atom is -0.490 e. The quantitative estimate of drug-likeness (QED) is 0.503. The van der Waals surface area contributed by atoms with E-state index in [9.17, 15) is 17.2 Å². The summed E-state index contributed by atoms with van der Waals surface area (Å²) in [5.74, 6) is -2.26. The van der Waals surface area contributed by atoms with Crippen LogP contribution in [0.25, 0.3) is 0 Å². The maximum Gasteiger partial charge on any atom is 0.266 e. The van der Waals surface area contributed by atoms with Gasteiger partial charge in [0.2, 0.25) is 0 Å². The molecule has 3 aromatic rings. The molecule has 10 heteroatoms. The molecule has 1 aliphatic heterocycles. The van der Waals surface area contributed by atoms with Crippen LogP contribution < -0.4 is 14.8 Å². The minimum atomic E-state index is -4.37. The van der Waals surface area contributed by atoms with E-state index in [1.165, 1.54) is 12.3 Å². The smallest absolute Gasteiger partial charge is 0.266 e. The molecule has 0 unspecified atom stereocenters. The predicted molar refractivity (Wildman–Crippen MR) is 122 cm³/mol. The number of nitrogens with one attached hydrogen (secondary N) is 2. The molecule has 0 aliphatic carbocycles. The summed E-state index contributed by atoms with van der Waals surface area (Å²) in [6.45, 7) is 1.62. The molecule has 4 rings (SSSR count). The molecule has 2 aromatic carbocycles. The van der Waals surface area contributed by atoms with Crippen LogP contribution in [0.15, 0.2) is 65.7 Å². The number of piperidine rings is 1. The summed E-state index contributed by atoms with van der Waals surface area (Å²) in [6, 6.07) is 13.5. The molecule has 0 amide bonds. The number of anilines is 1. The van der Waals surface area contributed by atoms with Gasteiger partial charge in [-0.2, -0.15) is 0 Å². The van der Waals surface area contributed by atoms with Crippen molar-refractivity contribution < 1.29 is 21.9 Å². The monoisotopic (exact) mass is 493 g/mol. The number of hydrogen-bond donors (Lipinski definition) is 2. The highest BCUT2D eigenvalue weighted by Gasteiger charge is 2.28. The predicted octanol–water partition coefficient (Wildman–Crippen LogP) is 4.59. The summed E-state index contributed by atoms with van der Waals surface area (Å²) < 4.78 is 62.1. The van der Waals surface area contributed by atoms with Crippen LogP contribution in [0.4, 0.5) is 14.6 Å². The van der Waals surface area contributed by atoms with Gasteiger partial charge in [-0.3, -0.25) is 4.72 Å². The zero-order chi connectivity index (χ0) is 23.4. The Morgan fingerprint density at radius 3 is 2.64 bits per heavy atom. The van der Waals surface area contributed by atoms with Crippen molar-refractivity contribution in [3.05, 3.63) is 83.0 Å². The molecule has 1 aliphatic rings. The molecular formula is C23H22ClF2N3O3S. The van der Waals surface area contributed by atoms with Gasteiger partial charge in [0, 0.05) is 35.8 Å². The summed E-state index contributed by atoms with van der Waals surface area (Å²) in [6.07, 6.45) is 2.24. The Bertz CT molecular complexity index is 1210. The van der Waals surface area contributed by atoms with Gasteiger partial charge < -0.3 is 10.1 Å². The Morgan fingerprint density at radius 1 is 1.12 bits per heavy atom. The Labute approximate surface area is 196 Å². The lowest BCUT2D eigenvalue weighted by atomic mass is 9.81. The summed E-state index contributed by atoms with van der Waals surface area (Å²) in [4.78, 5) is 3.01. The fraction of sp³-hybridized carbons (Fsp3) is 0.261. The second-order valence-electron chi connectivity index (χ2n) is 7.76. The number of hydrogen-bond acceptors (Lipinski definition) is 5. The lowest BCUT2D eigenvalue weighted by Gasteiger charge is -2.32. The average Bonchev–Trinajstić information content (AvgIpc) is 2.80. The molecule has 1 aromatic heterocycles. The summed E-state index contributed by atoms with van der Waals surface area (Å²) in [5, 5.41) is 3.94. The van der Waals surface area contributed by atoms with E-state index in [1.54, 1.807) is 12.1 Å². The summed E-state index contributed by atoms with van der Waals surface area (Å²) >= 11 is 5.99. The fourth-order valence-electron chi connectivity index (χ4n) is 3.89. The Hall–Kier alpha value is -2.75. The van der Waals surface area contributed by atoms with Crippen molar-refractivity contribution in [2.75, 3.05) is 24.4 Å². The number of aromatic nitrogens is 1. The van der Waals surface area contributed by atoms with Gasteiger partial charge in [0.1, 0.15) is 16.5 Å². The first kappa shape index (κ1) is 23.4. The number of ether oxygens (including phenoxy) is 1. The van der Waals surface area contributed by atoms with E-state index in [1.807, 2.05) is 24.3 Å². The molecule has 2 heterocycles.